The van der Waals surface area contributed by atoms with E-state index in [1.807, 2.05) is 61.5 Å². The van der Waals surface area contributed by atoms with Crippen molar-refractivity contribution in [1.82, 2.24) is 0 Å². The van der Waals surface area contributed by atoms with Crippen molar-refractivity contribution in [3.63, 3.8) is 0 Å². The highest BCUT2D eigenvalue weighted by molar-refractivity contribution is 5.97. The summed E-state index contributed by atoms with van der Waals surface area (Å²) in [6.07, 6.45) is 2.44. The third kappa shape index (κ3) is 3.17. The number of carbonyl (C=O) groups is 1. The quantitative estimate of drug-likeness (QED) is 0.721. The van der Waals surface area contributed by atoms with Gasteiger partial charge in [-0.25, -0.2) is 0 Å². The third-order valence-electron chi connectivity index (χ3n) is 2.92. The van der Waals surface area contributed by atoms with Crippen LogP contribution in [0.3, 0.4) is 0 Å². The van der Waals surface area contributed by atoms with Gasteiger partial charge in [-0.15, -0.1) is 0 Å². The number of benzene rings is 2. The fraction of sp³-hybridized carbons (Fsp3) is 0.118. The molecule has 0 radical (unpaired) electrons. The molecule has 0 heterocycles. The summed E-state index contributed by atoms with van der Waals surface area (Å²) in [7, 11) is 0. The Balaban J connectivity index is 2.05. The first-order valence-corrected chi connectivity index (χ1v) is 6.08. The third-order valence-corrected chi connectivity index (χ3v) is 2.92. The molecular weight excluding hydrogens is 220 g/mol. The molecule has 0 N–H and O–H groups in total. The van der Waals surface area contributed by atoms with Crippen molar-refractivity contribution >= 4 is 11.4 Å². The predicted molar refractivity (Wildman–Crippen MR) is 75.5 cm³/mol. The molecule has 0 unspecified atom stereocenters. The molecule has 0 spiro atoms. The van der Waals surface area contributed by atoms with Crippen LogP contribution in [0.25, 0.3) is 5.57 Å². The van der Waals surface area contributed by atoms with Crippen molar-refractivity contribution in [2.45, 2.75) is 13.3 Å². The molecule has 0 aromatic heterocycles. The summed E-state index contributed by atoms with van der Waals surface area (Å²) in [5, 5.41) is 0. The summed E-state index contributed by atoms with van der Waals surface area (Å²) in [5.41, 5.74) is 3.08. The summed E-state index contributed by atoms with van der Waals surface area (Å²) in [4.78, 5) is 11.9. The van der Waals surface area contributed by atoms with Gasteiger partial charge in [0.15, 0.2) is 5.78 Å². The van der Waals surface area contributed by atoms with Gasteiger partial charge >= 0.3 is 0 Å². The number of carbonyl (C=O) groups excluding carboxylic acids is 1. The van der Waals surface area contributed by atoms with Crippen LogP contribution in [0.15, 0.2) is 66.7 Å². The lowest BCUT2D eigenvalue weighted by molar-refractivity contribution is 0.0996. The Kier molecular flexibility index (Phi) is 4.08. The zero-order chi connectivity index (χ0) is 12.8. The van der Waals surface area contributed by atoms with E-state index in [9.17, 15) is 4.79 Å². The molecule has 0 aliphatic rings. The minimum Gasteiger partial charge on any atom is -0.294 e. The number of ketones is 1. The van der Waals surface area contributed by atoms with Gasteiger partial charge in [-0.2, -0.15) is 0 Å². The van der Waals surface area contributed by atoms with E-state index in [1.54, 1.807) is 0 Å². The van der Waals surface area contributed by atoms with Gasteiger partial charge in [-0.05, 0) is 18.1 Å². The lowest BCUT2D eigenvalue weighted by Gasteiger charge is -2.01. The van der Waals surface area contributed by atoms with E-state index in [2.05, 4.69) is 12.1 Å². The van der Waals surface area contributed by atoms with Gasteiger partial charge in [0.05, 0.1) is 0 Å². The maximum absolute atomic E-state index is 11.9. The van der Waals surface area contributed by atoms with Gasteiger partial charge in [0.25, 0.3) is 0 Å². The standard InChI is InChI=1S/C17H16O/c1-14(15-8-4-2-5-9-15)12-13-17(18)16-10-6-3-7-11-16/h2-12H,13H2,1H3/b14-12-. The SMILES string of the molecule is C/C(=C/CC(=O)c1ccccc1)c1ccccc1. The molecular formula is C17H16O. The molecule has 0 aliphatic carbocycles. The summed E-state index contributed by atoms with van der Waals surface area (Å²) in [6.45, 7) is 2.04. The number of hydrogen-bond donors (Lipinski definition) is 0. The number of Topliss-reactive ketones (excluding diaryl/α,β-unsaturated/α-hetero) is 1. The van der Waals surface area contributed by atoms with Crippen LogP contribution in [0.4, 0.5) is 0 Å². The van der Waals surface area contributed by atoms with Crippen LogP contribution in [0, 0.1) is 0 Å². The lowest BCUT2D eigenvalue weighted by atomic mass is 10.0. The van der Waals surface area contributed by atoms with E-state index in [4.69, 9.17) is 0 Å². The first-order valence-electron chi connectivity index (χ1n) is 6.08. The second-order valence-electron chi connectivity index (χ2n) is 4.25. The average molecular weight is 236 g/mol. The van der Waals surface area contributed by atoms with Crippen molar-refractivity contribution in [2.24, 2.45) is 0 Å². The molecule has 2 aromatic carbocycles. The summed E-state index contributed by atoms with van der Waals surface area (Å²) in [6, 6.07) is 19.5. The number of hydrogen-bond acceptors (Lipinski definition) is 1. The molecule has 2 rings (SSSR count). The van der Waals surface area contributed by atoms with Crippen molar-refractivity contribution < 1.29 is 4.79 Å². The fourth-order valence-electron chi connectivity index (χ4n) is 1.81. The van der Waals surface area contributed by atoms with Crippen molar-refractivity contribution in [1.29, 1.82) is 0 Å². The molecule has 90 valence electrons. The maximum Gasteiger partial charge on any atom is 0.166 e. The van der Waals surface area contributed by atoms with Gasteiger partial charge < -0.3 is 0 Å². The van der Waals surface area contributed by atoms with E-state index >= 15 is 0 Å². The minimum absolute atomic E-state index is 0.158. The zero-order valence-electron chi connectivity index (χ0n) is 10.5. The Morgan fingerprint density at radius 2 is 1.39 bits per heavy atom. The van der Waals surface area contributed by atoms with E-state index < -0.39 is 0 Å². The largest absolute Gasteiger partial charge is 0.294 e. The molecule has 0 aliphatic heterocycles. The normalized spacial score (nSPS) is 11.3. The molecule has 0 atom stereocenters. The van der Waals surface area contributed by atoms with Crippen molar-refractivity contribution in [2.75, 3.05) is 0 Å². The summed E-state index contributed by atoms with van der Waals surface area (Å²) < 4.78 is 0. The molecule has 2 aromatic rings. The van der Waals surface area contributed by atoms with Crippen LogP contribution >= 0.6 is 0 Å². The highest BCUT2D eigenvalue weighted by Crippen LogP contribution is 2.14. The molecule has 0 bridgehead atoms. The van der Waals surface area contributed by atoms with Gasteiger partial charge in [0, 0.05) is 12.0 Å². The van der Waals surface area contributed by atoms with Crippen molar-refractivity contribution in [3.8, 4) is 0 Å². The van der Waals surface area contributed by atoms with Gasteiger partial charge in [-0.1, -0.05) is 66.7 Å². The monoisotopic (exact) mass is 236 g/mol. The van der Waals surface area contributed by atoms with E-state index in [0.717, 1.165) is 11.1 Å². The Bertz CT molecular complexity index is 538. The van der Waals surface area contributed by atoms with E-state index in [0.29, 0.717) is 6.42 Å². The summed E-state index contributed by atoms with van der Waals surface area (Å²) >= 11 is 0. The molecule has 1 heteroatoms. The van der Waals surface area contributed by atoms with Gasteiger partial charge in [-0.3, -0.25) is 4.79 Å². The van der Waals surface area contributed by atoms with Crippen LogP contribution in [-0.4, -0.2) is 5.78 Å². The van der Waals surface area contributed by atoms with Crippen LogP contribution in [0.1, 0.15) is 29.3 Å². The molecule has 18 heavy (non-hydrogen) atoms. The molecule has 0 fully saturated rings. The number of rotatable bonds is 4. The highest BCUT2D eigenvalue weighted by atomic mass is 16.1. The second-order valence-corrected chi connectivity index (χ2v) is 4.25. The number of allylic oxidation sites excluding steroid dienone is 2. The van der Waals surface area contributed by atoms with Gasteiger partial charge in [0.2, 0.25) is 0 Å². The molecule has 0 saturated heterocycles. The Labute approximate surface area is 108 Å². The highest BCUT2D eigenvalue weighted by Gasteiger charge is 2.03. The molecule has 0 saturated carbocycles. The lowest BCUT2D eigenvalue weighted by Crippen LogP contribution is -1.96. The minimum atomic E-state index is 0.158. The average Bonchev–Trinajstić information content (AvgIpc) is 2.46. The molecule has 1 nitrogen and oxygen atoms in total. The van der Waals surface area contributed by atoms with Gasteiger partial charge in [0.1, 0.15) is 0 Å². The first-order chi connectivity index (χ1) is 8.77. The van der Waals surface area contributed by atoms with E-state index in [-0.39, 0.29) is 5.78 Å². The van der Waals surface area contributed by atoms with E-state index in [1.165, 1.54) is 5.56 Å². The Morgan fingerprint density at radius 3 is 1.94 bits per heavy atom. The topological polar surface area (TPSA) is 17.1 Å². The van der Waals surface area contributed by atoms with Crippen molar-refractivity contribution in [3.05, 3.63) is 77.9 Å². The second kappa shape index (κ2) is 5.97. The predicted octanol–water partition coefficient (Wildman–Crippen LogP) is 4.36. The smallest absolute Gasteiger partial charge is 0.166 e. The molecule has 0 amide bonds. The van der Waals surface area contributed by atoms with Crippen LogP contribution in [-0.2, 0) is 0 Å². The zero-order valence-corrected chi connectivity index (χ0v) is 10.5. The van der Waals surface area contributed by atoms with Crippen LogP contribution < -0.4 is 0 Å². The fourth-order valence-corrected chi connectivity index (χ4v) is 1.81. The van der Waals surface area contributed by atoms with Crippen LogP contribution in [0.2, 0.25) is 0 Å². The van der Waals surface area contributed by atoms with Crippen LogP contribution in [0.5, 0.6) is 0 Å². The Morgan fingerprint density at radius 1 is 0.889 bits per heavy atom. The summed E-state index contributed by atoms with van der Waals surface area (Å²) in [5.74, 6) is 0.158. The maximum atomic E-state index is 11.9. The first kappa shape index (κ1) is 12.3. The Hall–Kier alpha value is -2.15.